The zero-order valence-corrected chi connectivity index (χ0v) is 10.9. The van der Waals surface area contributed by atoms with E-state index in [9.17, 15) is 10.2 Å². The van der Waals surface area contributed by atoms with Crippen LogP contribution in [0, 0.1) is 6.92 Å². The molecule has 0 aromatic heterocycles. The van der Waals surface area contributed by atoms with E-state index in [2.05, 4.69) is 0 Å². The van der Waals surface area contributed by atoms with Crippen LogP contribution >= 0.6 is 0 Å². The molecule has 0 unspecified atom stereocenters. The van der Waals surface area contributed by atoms with Gasteiger partial charge in [-0.15, -0.1) is 0 Å². The van der Waals surface area contributed by atoms with Crippen molar-refractivity contribution in [3.05, 3.63) is 52.6 Å². The van der Waals surface area contributed by atoms with E-state index in [1.165, 1.54) is 0 Å². The second-order valence-corrected chi connectivity index (χ2v) is 4.71. The second kappa shape index (κ2) is 5.20. The van der Waals surface area contributed by atoms with Crippen LogP contribution in [0.1, 0.15) is 22.3 Å². The first-order valence-electron chi connectivity index (χ1n) is 6.10. The summed E-state index contributed by atoms with van der Waals surface area (Å²) < 4.78 is 0. The van der Waals surface area contributed by atoms with E-state index in [1.807, 2.05) is 25.1 Å². The fourth-order valence-corrected chi connectivity index (χ4v) is 2.10. The molecule has 0 saturated heterocycles. The van der Waals surface area contributed by atoms with Gasteiger partial charge in [-0.2, -0.15) is 0 Å². The van der Waals surface area contributed by atoms with Crippen molar-refractivity contribution < 1.29 is 10.2 Å². The van der Waals surface area contributed by atoms with Gasteiger partial charge in [0, 0.05) is 18.5 Å². The van der Waals surface area contributed by atoms with Gasteiger partial charge in [-0.3, -0.25) is 0 Å². The van der Waals surface area contributed by atoms with Crippen LogP contribution in [0.25, 0.3) is 0 Å². The number of aromatic hydroxyl groups is 2. The van der Waals surface area contributed by atoms with E-state index >= 15 is 0 Å². The predicted molar refractivity (Wildman–Crippen MR) is 76.1 cm³/mol. The molecule has 0 bridgehead atoms. The van der Waals surface area contributed by atoms with E-state index in [1.54, 1.807) is 12.1 Å². The van der Waals surface area contributed by atoms with Gasteiger partial charge < -0.3 is 21.7 Å². The standard InChI is InChI=1S/C15H18N2O2/c1-9-2-3-14(18)11(4-9)7-12-5-10(8-16)6-13(17)15(12)19/h2-6,18-19H,7-8,16-17H2,1H3. The SMILES string of the molecule is Cc1ccc(O)c(Cc2cc(CN)cc(N)c2O)c1. The van der Waals surface area contributed by atoms with E-state index in [4.69, 9.17) is 11.5 Å². The van der Waals surface area contributed by atoms with Crippen molar-refractivity contribution in [2.75, 3.05) is 5.73 Å². The topological polar surface area (TPSA) is 92.5 Å². The highest BCUT2D eigenvalue weighted by molar-refractivity contribution is 5.59. The average molecular weight is 258 g/mol. The molecule has 4 nitrogen and oxygen atoms in total. The minimum Gasteiger partial charge on any atom is -0.508 e. The number of aryl methyl sites for hydroxylation is 1. The molecule has 19 heavy (non-hydrogen) atoms. The number of hydrogen-bond donors (Lipinski definition) is 4. The Morgan fingerprint density at radius 2 is 1.79 bits per heavy atom. The third kappa shape index (κ3) is 2.80. The van der Waals surface area contributed by atoms with E-state index < -0.39 is 0 Å². The van der Waals surface area contributed by atoms with Crippen molar-refractivity contribution in [1.82, 2.24) is 0 Å². The van der Waals surface area contributed by atoms with Crippen LogP contribution < -0.4 is 11.5 Å². The Morgan fingerprint density at radius 1 is 1.05 bits per heavy atom. The summed E-state index contributed by atoms with van der Waals surface area (Å²) in [5, 5.41) is 19.8. The Hall–Kier alpha value is -2.20. The lowest BCUT2D eigenvalue weighted by Crippen LogP contribution is -2.01. The third-order valence-corrected chi connectivity index (χ3v) is 3.13. The lowest BCUT2D eigenvalue weighted by Gasteiger charge is -2.11. The van der Waals surface area contributed by atoms with E-state index in [0.29, 0.717) is 24.2 Å². The minimum absolute atomic E-state index is 0.0538. The number of phenolic OH excluding ortho intramolecular Hbond substituents is 2. The summed E-state index contributed by atoms with van der Waals surface area (Å²) in [6.45, 7) is 2.31. The molecular formula is C15H18N2O2. The lowest BCUT2D eigenvalue weighted by molar-refractivity contribution is 0.464. The largest absolute Gasteiger partial charge is 0.508 e. The van der Waals surface area contributed by atoms with Crippen LogP contribution in [-0.2, 0) is 13.0 Å². The number of anilines is 1. The van der Waals surface area contributed by atoms with Crippen LogP contribution in [0.15, 0.2) is 30.3 Å². The van der Waals surface area contributed by atoms with Gasteiger partial charge in [-0.25, -0.2) is 0 Å². The highest BCUT2D eigenvalue weighted by atomic mass is 16.3. The summed E-state index contributed by atoms with van der Waals surface area (Å²) in [6, 6.07) is 8.85. The van der Waals surface area contributed by atoms with Gasteiger partial charge in [0.2, 0.25) is 0 Å². The normalized spacial score (nSPS) is 10.6. The van der Waals surface area contributed by atoms with Crippen molar-refractivity contribution in [2.45, 2.75) is 19.9 Å². The second-order valence-electron chi connectivity index (χ2n) is 4.71. The Kier molecular flexibility index (Phi) is 3.62. The Bertz CT molecular complexity index is 609. The molecule has 2 aromatic rings. The maximum Gasteiger partial charge on any atom is 0.142 e. The van der Waals surface area contributed by atoms with E-state index in [0.717, 1.165) is 16.7 Å². The maximum atomic E-state index is 9.99. The minimum atomic E-state index is 0.0538. The Morgan fingerprint density at radius 3 is 2.47 bits per heavy atom. The third-order valence-electron chi connectivity index (χ3n) is 3.13. The fourth-order valence-electron chi connectivity index (χ4n) is 2.10. The molecular weight excluding hydrogens is 240 g/mol. The summed E-state index contributed by atoms with van der Waals surface area (Å²) >= 11 is 0. The lowest BCUT2D eigenvalue weighted by atomic mass is 9.99. The number of hydrogen-bond acceptors (Lipinski definition) is 4. The van der Waals surface area contributed by atoms with Crippen molar-refractivity contribution in [3.8, 4) is 11.5 Å². The van der Waals surface area contributed by atoms with Crippen LogP contribution in [0.2, 0.25) is 0 Å². The number of benzene rings is 2. The molecule has 0 radical (unpaired) electrons. The molecule has 0 amide bonds. The molecule has 0 spiro atoms. The summed E-state index contributed by atoms with van der Waals surface area (Å²) in [5.74, 6) is 0.264. The molecule has 0 fully saturated rings. The summed E-state index contributed by atoms with van der Waals surface area (Å²) in [7, 11) is 0. The first-order chi connectivity index (χ1) is 9.01. The van der Waals surface area contributed by atoms with Crippen molar-refractivity contribution in [2.24, 2.45) is 5.73 Å². The monoisotopic (exact) mass is 258 g/mol. The number of rotatable bonds is 3. The van der Waals surface area contributed by atoms with E-state index in [-0.39, 0.29) is 11.5 Å². The van der Waals surface area contributed by atoms with Gasteiger partial charge >= 0.3 is 0 Å². The van der Waals surface area contributed by atoms with Crippen LogP contribution in [-0.4, -0.2) is 10.2 Å². The molecule has 0 heterocycles. The number of nitrogens with two attached hydrogens (primary N) is 2. The zero-order chi connectivity index (χ0) is 14.0. The average Bonchev–Trinajstić information content (AvgIpc) is 2.38. The van der Waals surface area contributed by atoms with Gasteiger partial charge in [0.25, 0.3) is 0 Å². The van der Waals surface area contributed by atoms with Gasteiger partial charge in [0.1, 0.15) is 11.5 Å². The van der Waals surface area contributed by atoms with Crippen LogP contribution in [0.5, 0.6) is 11.5 Å². The van der Waals surface area contributed by atoms with Gasteiger partial charge in [0.05, 0.1) is 5.69 Å². The highest BCUT2D eigenvalue weighted by Gasteiger charge is 2.10. The number of nitrogen functional groups attached to an aromatic ring is 1. The first kappa shape index (κ1) is 13.2. The van der Waals surface area contributed by atoms with Gasteiger partial charge in [-0.05, 0) is 30.2 Å². The molecule has 6 N–H and O–H groups in total. The highest BCUT2D eigenvalue weighted by Crippen LogP contribution is 2.31. The molecule has 0 aliphatic heterocycles. The molecule has 0 saturated carbocycles. The molecule has 0 atom stereocenters. The predicted octanol–water partition coefficient (Wildman–Crippen LogP) is 2.04. The summed E-state index contributed by atoms with van der Waals surface area (Å²) in [4.78, 5) is 0. The Balaban J connectivity index is 2.42. The summed E-state index contributed by atoms with van der Waals surface area (Å²) in [6.07, 6.45) is 0.414. The molecule has 0 aliphatic carbocycles. The number of phenols is 2. The molecule has 4 heteroatoms. The molecule has 2 aromatic carbocycles. The molecule has 0 aliphatic rings. The zero-order valence-electron chi connectivity index (χ0n) is 10.9. The smallest absolute Gasteiger partial charge is 0.142 e. The molecule has 2 rings (SSSR count). The quantitative estimate of drug-likeness (QED) is 0.500. The maximum absolute atomic E-state index is 9.99. The van der Waals surface area contributed by atoms with Gasteiger partial charge in [-0.1, -0.05) is 23.8 Å². The van der Waals surface area contributed by atoms with Crippen LogP contribution in [0.4, 0.5) is 5.69 Å². The van der Waals surface area contributed by atoms with Crippen molar-refractivity contribution in [1.29, 1.82) is 0 Å². The fraction of sp³-hybridized carbons (Fsp3) is 0.200. The van der Waals surface area contributed by atoms with Crippen molar-refractivity contribution in [3.63, 3.8) is 0 Å². The van der Waals surface area contributed by atoms with Crippen molar-refractivity contribution >= 4 is 5.69 Å². The van der Waals surface area contributed by atoms with Gasteiger partial charge in [0.15, 0.2) is 0 Å². The Labute approximate surface area is 112 Å². The first-order valence-corrected chi connectivity index (χ1v) is 6.10. The summed E-state index contributed by atoms with van der Waals surface area (Å²) in [5.41, 5.74) is 15.0. The van der Waals surface area contributed by atoms with Crippen LogP contribution in [0.3, 0.4) is 0 Å². The molecule has 100 valence electrons.